The lowest BCUT2D eigenvalue weighted by atomic mass is 10.2. The van der Waals surface area contributed by atoms with Gasteiger partial charge < -0.3 is 10.6 Å². The number of nitrogens with zero attached hydrogens (tertiary/aromatic N) is 6. The molecule has 0 atom stereocenters. The minimum absolute atomic E-state index is 0.150. The van der Waals surface area contributed by atoms with Crippen molar-refractivity contribution in [2.75, 3.05) is 23.7 Å². The van der Waals surface area contributed by atoms with Crippen molar-refractivity contribution in [3.05, 3.63) is 35.6 Å². The number of hydrogen-bond donors (Lipinski definition) is 1. The van der Waals surface area contributed by atoms with E-state index in [-0.39, 0.29) is 18.3 Å². The predicted molar refractivity (Wildman–Crippen MR) is 86.6 cm³/mol. The van der Waals surface area contributed by atoms with Crippen molar-refractivity contribution >= 4 is 22.9 Å². The van der Waals surface area contributed by atoms with Gasteiger partial charge in [-0.2, -0.15) is 9.97 Å². The van der Waals surface area contributed by atoms with Crippen LogP contribution >= 0.6 is 0 Å². The van der Waals surface area contributed by atoms with Gasteiger partial charge in [0.25, 0.3) is 0 Å². The zero-order chi connectivity index (χ0) is 16.4. The number of nitrogens with two attached hydrogens (primary N) is 1. The molecule has 2 heterocycles. The number of aromatic nitrogens is 5. The Hall–Kier alpha value is -2.77. The highest BCUT2D eigenvalue weighted by Gasteiger charge is 2.17. The zero-order valence-corrected chi connectivity index (χ0v) is 13.1. The topological polar surface area (TPSA) is 85.8 Å². The molecule has 0 unspecified atom stereocenters. The van der Waals surface area contributed by atoms with E-state index in [1.54, 1.807) is 22.9 Å². The fourth-order valence-corrected chi connectivity index (χ4v) is 2.50. The third kappa shape index (κ3) is 2.79. The average molecular weight is 315 g/mol. The SMILES string of the molecule is CCN(CC)c1nc(N)nc2c1nnn2Cc1ccccc1F. The van der Waals surface area contributed by atoms with Gasteiger partial charge in [-0.25, -0.2) is 9.07 Å². The summed E-state index contributed by atoms with van der Waals surface area (Å²) in [5, 5.41) is 8.27. The molecule has 0 aliphatic carbocycles. The molecule has 120 valence electrons. The van der Waals surface area contributed by atoms with E-state index in [1.165, 1.54) is 6.07 Å². The molecule has 2 aromatic heterocycles. The third-order valence-corrected chi connectivity index (χ3v) is 3.70. The highest BCUT2D eigenvalue weighted by Crippen LogP contribution is 2.23. The van der Waals surface area contributed by atoms with Crippen LogP contribution in [0.25, 0.3) is 11.2 Å². The molecule has 0 aliphatic rings. The maximum Gasteiger partial charge on any atom is 0.224 e. The smallest absolute Gasteiger partial charge is 0.224 e. The van der Waals surface area contributed by atoms with E-state index in [4.69, 9.17) is 5.73 Å². The standard InChI is InChI=1S/C15H18FN7/c1-3-22(4-2)13-12-14(19-15(17)18-13)23(21-20-12)9-10-7-5-6-8-11(10)16/h5-8H,3-4,9H2,1-2H3,(H2,17,18,19). The van der Waals surface area contributed by atoms with Crippen LogP contribution < -0.4 is 10.6 Å². The summed E-state index contributed by atoms with van der Waals surface area (Å²) in [4.78, 5) is 10.5. The predicted octanol–water partition coefficient (Wildman–Crippen LogP) is 1.84. The monoisotopic (exact) mass is 315 g/mol. The van der Waals surface area contributed by atoms with Crippen molar-refractivity contribution in [1.82, 2.24) is 25.0 Å². The lowest BCUT2D eigenvalue weighted by Crippen LogP contribution is -2.24. The van der Waals surface area contributed by atoms with Crippen molar-refractivity contribution in [3.63, 3.8) is 0 Å². The average Bonchev–Trinajstić information content (AvgIpc) is 2.93. The quantitative estimate of drug-likeness (QED) is 0.773. The van der Waals surface area contributed by atoms with Gasteiger partial charge in [-0.1, -0.05) is 23.4 Å². The molecule has 0 spiro atoms. The second kappa shape index (κ2) is 6.15. The van der Waals surface area contributed by atoms with Crippen molar-refractivity contribution in [2.24, 2.45) is 0 Å². The summed E-state index contributed by atoms with van der Waals surface area (Å²) < 4.78 is 15.4. The molecule has 0 saturated carbocycles. The number of rotatable bonds is 5. The molecule has 0 amide bonds. The van der Waals surface area contributed by atoms with E-state index in [9.17, 15) is 4.39 Å². The molecule has 0 saturated heterocycles. The molecular weight excluding hydrogens is 297 g/mol. The Morgan fingerprint density at radius 2 is 1.91 bits per heavy atom. The molecule has 7 nitrogen and oxygen atoms in total. The minimum atomic E-state index is -0.290. The Labute approximate surface area is 132 Å². The fourth-order valence-electron chi connectivity index (χ4n) is 2.50. The molecule has 23 heavy (non-hydrogen) atoms. The van der Waals surface area contributed by atoms with Crippen LogP contribution in [-0.4, -0.2) is 38.1 Å². The molecule has 0 aliphatic heterocycles. The van der Waals surface area contributed by atoms with E-state index in [1.807, 2.05) is 18.7 Å². The second-order valence-electron chi connectivity index (χ2n) is 5.09. The van der Waals surface area contributed by atoms with Gasteiger partial charge in [0.1, 0.15) is 5.82 Å². The Morgan fingerprint density at radius 3 is 2.61 bits per heavy atom. The van der Waals surface area contributed by atoms with E-state index in [0.29, 0.717) is 22.5 Å². The number of hydrogen-bond acceptors (Lipinski definition) is 6. The Balaban J connectivity index is 2.08. The van der Waals surface area contributed by atoms with E-state index in [0.717, 1.165) is 13.1 Å². The van der Waals surface area contributed by atoms with E-state index >= 15 is 0 Å². The van der Waals surface area contributed by atoms with Crippen molar-refractivity contribution in [3.8, 4) is 0 Å². The van der Waals surface area contributed by atoms with Gasteiger partial charge in [0.05, 0.1) is 6.54 Å². The minimum Gasteiger partial charge on any atom is -0.368 e. The Kier molecular flexibility index (Phi) is 4.05. The first kappa shape index (κ1) is 15.1. The number of anilines is 2. The summed E-state index contributed by atoms with van der Waals surface area (Å²) in [6, 6.07) is 6.55. The molecule has 0 radical (unpaired) electrons. The Bertz CT molecular complexity index is 826. The van der Waals surface area contributed by atoms with Crippen LogP contribution in [0.3, 0.4) is 0 Å². The van der Waals surface area contributed by atoms with Gasteiger partial charge in [-0.3, -0.25) is 0 Å². The summed E-state index contributed by atoms with van der Waals surface area (Å²) in [5.74, 6) is 0.510. The number of halogens is 1. The Morgan fingerprint density at radius 1 is 1.17 bits per heavy atom. The van der Waals surface area contributed by atoms with Crippen molar-refractivity contribution < 1.29 is 4.39 Å². The van der Waals surface area contributed by atoms with Gasteiger partial charge in [0.2, 0.25) is 5.95 Å². The van der Waals surface area contributed by atoms with E-state index in [2.05, 4.69) is 20.3 Å². The van der Waals surface area contributed by atoms with Gasteiger partial charge in [0, 0.05) is 18.7 Å². The molecular formula is C15H18FN7. The summed E-state index contributed by atoms with van der Waals surface area (Å²) >= 11 is 0. The van der Waals surface area contributed by atoms with Gasteiger partial charge >= 0.3 is 0 Å². The maximum absolute atomic E-state index is 13.9. The molecule has 8 heteroatoms. The summed E-state index contributed by atoms with van der Waals surface area (Å²) in [6.07, 6.45) is 0. The van der Waals surface area contributed by atoms with Crippen LogP contribution in [0.5, 0.6) is 0 Å². The largest absolute Gasteiger partial charge is 0.368 e. The van der Waals surface area contributed by atoms with E-state index < -0.39 is 0 Å². The lowest BCUT2D eigenvalue weighted by molar-refractivity contribution is 0.582. The van der Waals surface area contributed by atoms with Crippen LogP contribution in [0.2, 0.25) is 0 Å². The first-order valence-electron chi connectivity index (χ1n) is 7.49. The molecule has 2 N–H and O–H groups in total. The van der Waals surface area contributed by atoms with Crippen molar-refractivity contribution in [1.29, 1.82) is 0 Å². The van der Waals surface area contributed by atoms with Gasteiger partial charge in [0.15, 0.2) is 17.0 Å². The molecule has 1 aromatic carbocycles. The first-order valence-corrected chi connectivity index (χ1v) is 7.49. The maximum atomic E-state index is 13.9. The van der Waals surface area contributed by atoms with Crippen LogP contribution in [0.4, 0.5) is 16.2 Å². The highest BCUT2D eigenvalue weighted by atomic mass is 19.1. The van der Waals surface area contributed by atoms with Crippen LogP contribution in [0.15, 0.2) is 24.3 Å². The molecule has 3 aromatic rings. The number of nitrogen functional groups attached to an aromatic ring is 1. The molecule has 0 bridgehead atoms. The summed E-state index contributed by atoms with van der Waals surface area (Å²) in [7, 11) is 0. The highest BCUT2D eigenvalue weighted by molar-refractivity contribution is 5.84. The van der Waals surface area contributed by atoms with Crippen LogP contribution in [0.1, 0.15) is 19.4 Å². The molecule has 0 fully saturated rings. The van der Waals surface area contributed by atoms with Gasteiger partial charge in [-0.15, -0.1) is 5.10 Å². The van der Waals surface area contributed by atoms with Crippen LogP contribution in [0, 0.1) is 5.82 Å². The second-order valence-corrected chi connectivity index (χ2v) is 5.09. The van der Waals surface area contributed by atoms with Crippen molar-refractivity contribution in [2.45, 2.75) is 20.4 Å². The normalized spacial score (nSPS) is 11.1. The molecule has 3 rings (SSSR count). The first-order chi connectivity index (χ1) is 11.1. The summed E-state index contributed by atoms with van der Waals surface area (Å²) in [5.41, 5.74) is 7.42. The third-order valence-electron chi connectivity index (χ3n) is 3.70. The van der Waals surface area contributed by atoms with Gasteiger partial charge in [-0.05, 0) is 19.9 Å². The number of benzene rings is 1. The lowest BCUT2D eigenvalue weighted by Gasteiger charge is -2.19. The van der Waals surface area contributed by atoms with Crippen LogP contribution in [-0.2, 0) is 6.54 Å². The number of fused-ring (bicyclic) bond motifs is 1. The fraction of sp³-hybridized carbons (Fsp3) is 0.333. The zero-order valence-electron chi connectivity index (χ0n) is 13.1. The summed E-state index contributed by atoms with van der Waals surface area (Å²) in [6.45, 7) is 5.82.